The van der Waals surface area contributed by atoms with Crippen LogP contribution in [0.1, 0.15) is 44.3 Å². The summed E-state index contributed by atoms with van der Waals surface area (Å²) in [6, 6.07) is 21.6. The van der Waals surface area contributed by atoms with Crippen LogP contribution >= 0.6 is 0 Å². The van der Waals surface area contributed by atoms with Crippen LogP contribution in [0.25, 0.3) is 0 Å². The molecular weight excluding hydrogens is 417 g/mol. The summed E-state index contributed by atoms with van der Waals surface area (Å²) >= 11 is 0. The highest BCUT2D eigenvalue weighted by Gasteiger charge is 2.32. The number of carbonyl (C=O) groups is 2. The topological polar surface area (TPSA) is 52.7 Å². The smallest absolute Gasteiger partial charge is 0.258 e. The number of halogens is 1. The molecule has 0 aliphatic carbocycles. The minimum absolute atomic E-state index is 0.00591. The molecule has 2 unspecified atom stereocenters. The largest absolute Gasteiger partial charge is 0.322 e. The maximum Gasteiger partial charge on any atom is 0.258 e. The number of hydrogen-bond acceptors (Lipinski definition) is 3. The Kier molecular flexibility index (Phi) is 6.56. The summed E-state index contributed by atoms with van der Waals surface area (Å²) in [6.45, 7) is 1.89. The summed E-state index contributed by atoms with van der Waals surface area (Å²) in [6.07, 6.45) is -0.807. The molecule has 1 N–H and O–H groups in total. The predicted molar refractivity (Wildman–Crippen MR) is 130 cm³/mol. The third kappa shape index (κ3) is 4.81. The first kappa shape index (κ1) is 22.7. The van der Waals surface area contributed by atoms with Gasteiger partial charge in [-0.3, -0.25) is 9.59 Å². The quantitative estimate of drug-likeness (QED) is 0.598. The van der Waals surface area contributed by atoms with Gasteiger partial charge in [-0.25, -0.2) is 4.39 Å². The number of rotatable bonds is 4. The third-order valence-corrected chi connectivity index (χ3v) is 6.09. The molecule has 0 saturated heterocycles. The molecule has 0 fully saturated rings. The fourth-order valence-electron chi connectivity index (χ4n) is 4.31. The van der Waals surface area contributed by atoms with E-state index in [4.69, 9.17) is 0 Å². The molecule has 1 aliphatic rings. The van der Waals surface area contributed by atoms with Gasteiger partial charge in [0.05, 0.1) is 6.54 Å². The molecule has 33 heavy (non-hydrogen) atoms. The molecule has 3 aromatic carbocycles. The van der Waals surface area contributed by atoms with Gasteiger partial charge >= 0.3 is 0 Å². The van der Waals surface area contributed by atoms with Gasteiger partial charge in [0.15, 0.2) is 0 Å². The number of anilines is 2. The predicted octanol–water partition coefficient (Wildman–Crippen LogP) is 5.24. The molecule has 0 spiro atoms. The van der Waals surface area contributed by atoms with E-state index in [2.05, 4.69) is 5.32 Å². The van der Waals surface area contributed by atoms with Crippen LogP contribution < -0.4 is 10.2 Å². The molecule has 2 atom stereocenters. The van der Waals surface area contributed by atoms with Gasteiger partial charge in [0.25, 0.3) is 11.8 Å². The maximum atomic E-state index is 14.9. The second kappa shape index (κ2) is 9.55. The van der Waals surface area contributed by atoms with Crippen molar-refractivity contribution in [3.05, 3.63) is 95.1 Å². The Morgan fingerprint density at radius 3 is 2.33 bits per heavy atom. The van der Waals surface area contributed by atoms with Crippen molar-refractivity contribution in [1.29, 1.82) is 0 Å². The molecule has 170 valence electrons. The molecule has 0 radical (unpaired) electrons. The molecular formula is C27H28FN3O2. The van der Waals surface area contributed by atoms with E-state index in [0.29, 0.717) is 23.2 Å². The monoisotopic (exact) mass is 445 g/mol. The Balaban J connectivity index is 1.57. The van der Waals surface area contributed by atoms with Crippen molar-refractivity contribution in [2.24, 2.45) is 0 Å². The van der Waals surface area contributed by atoms with Crippen molar-refractivity contribution in [2.45, 2.75) is 25.6 Å². The van der Waals surface area contributed by atoms with Crippen LogP contribution in [-0.4, -0.2) is 43.5 Å². The molecule has 0 aromatic heterocycles. The van der Waals surface area contributed by atoms with E-state index in [9.17, 15) is 14.0 Å². The summed E-state index contributed by atoms with van der Waals surface area (Å²) in [5, 5.41) is 2.87. The van der Waals surface area contributed by atoms with E-state index in [0.717, 1.165) is 16.8 Å². The number of amides is 2. The third-order valence-electron chi connectivity index (χ3n) is 6.09. The van der Waals surface area contributed by atoms with Gasteiger partial charge in [-0.1, -0.05) is 36.4 Å². The standard InChI is InChI=1S/C27H28FN3O2/c1-18-8-4-5-9-22(18)26(32)29-21-14-12-19(13-15-21)27(33)31-17-20(28)16-25(30(2)3)23-10-6-7-11-24(23)31/h4-15,20,25H,16-17H2,1-3H3,(H,29,32). The molecule has 0 saturated carbocycles. The maximum absolute atomic E-state index is 14.9. The molecule has 1 heterocycles. The highest BCUT2D eigenvalue weighted by Crippen LogP contribution is 2.37. The Hall–Kier alpha value is -3.51. The first-order valence-corrected chi connectivity index (χ1v) is 11.0. The normalized spacial score (nSPS) is 17.9. The highest BCUT2D eigenvalue weighted by atomic mass is 19.1. The number of hydrogen-bond donors (Lipinski definition) is 1. The van der Waals surface area contributed by atoms with Crippen molar-refractivity contribution in [3.8, 4) is 0 Å². The number of carbonyl (C=O) groups excluding carboxylic acids is 2. The molecule has 2 amide bonds. The average Bonchev–Trinajstić information content (AvgIpc) is 2.96. The van der Waals surface area contributed by atoms with Crippen LogP contribution in [0.5, 0.6) is 0 Å². The lowest BCUT2D eigenvalue weighted by Gasteiger charge is -2.26. The number of benzene rings is 3. The number of alkyl halides is 1. The van der Waals surface area contributed by atoms with E-state index in [1.807, 2.05) is 68.4 Å². The van der Waals surface area contributed by atoms with Crippen LogP contribution in [0.4, 0.5) is 15.8 Å². The van der Waals surface area contributed by atoms with Crippen molar-refractivity contribution < 1.29 is 14.0 Å². The SMILES string of the molecule is Cc1ccccc1C(=O)Nc1ccc(C(=O)N2CC(F)CC(N(C)C)c3ccccc32)cc1. The van der Waals surface area contributed by atoms with E-state index in [-0.39, 0.29) is 24.4 Å². The Morgan fingerprint density at radius 1 is 0.970 bits per heavy atom. The number of aryl methyl sites for hydroxylation is 1. The average molecular weight is 446 g/mol. The van der Waals surface area contributed by atoms with Crippen LogP contribution in [0.2, 0.25) is 0 Å². The molecule has 6 heteroatoms. The summed E-state index contributed by atoms with van der Waals surface area (Å²) in [7, 11) is 3.85. The van der Waals surface area contributed by atoms with Gasteiger partial charge in [-0.15, -0.1) is 0 Å². The first-order valence-electron chi connectivity index (χ1n) is 11.0. The number of nitrogens with zero attached hydrogens (tertiary/aromatic N) is 2. The van der Waals surface area contributed by atoms with E-state index < -0.39 is 6.17 Å². The van der Waals surface area contributed by atoms with Crippen molar-refractivity contribution in [3.63, 3.8) is 0 Å². The fourth-order valence-corrected chi connectivity index (χ4v) is 4.31. The van der Waals surface area contributed by atoms with Crippen molar-refractivity contribution in [1.82, 2.24) is 4.90 Å². The van der Waals surface area contributed by atoms with Crippen LogP contribution in [0.15, 0.2) is 72.8 Å². The summed E-state index contributed by atoms with van der Waals surface area (Å²) in [5.41, 5.74) is 4.19. The minimum Gasteiger partial charge on any atom is -0.322 e. The van der Waals surface area contributed by atoms with Gasteiger partial charge in [0.1, 0.15) is 6.17 Å². The number of nitrogens with one attached hydrogen (secondary N) is 1. The molecule has 0 bridgehead atoms. The minimum atomic E-state index is -1.14. The molecule has 5 nitrogen and oxygen atoms in total. The van der Waals surface area contributed by atoms with E-state index in [1.165, 1.54) is 4.90 Å². The number of fused-ring (bicyclic) bond motifs is 1. The summed E-state index contributed by atoms with van der Waals surface area (Å²) in [5.74, 6) is -0.468. The van der Waals surface area contributed by atoms with Gasteiger partial charge in [0, 0.05) is 35.0 Å². The zero-order valence-corrected chi connectivity index (χ0v) is 19.1. The van der Waals surface area contributed by atoms with Crippen molar-refractivity contribution >= 4 is 23.2 Å². The van der Waals surface area contributed by atoms with Crippen LogP contribution in [-0.2, 0) is 0 Å². The highest BCUT2D eigenvalue weighted by molar-refractivity contribution is 6.08. The molecule has 4 rings (SSSR count). The summed E-state index contributed by atoms with van der Waals surface area (Å²) < 4.78 is 14.9. The van der Waals surface area contributed by atoms with E-state index >= 15 is 0 Å². The van der Waals surface area contributed by atoms with Gasteiger partial charge in [-0.2, -0.15) is 0 Å². The number of para-hydroxylation sites is 1. The lowest BCUT2D eigenvalue weighted by Crippen LogP contribution is -2.35. The Bertz CT molecular complexity index is 1160. The second-order valence-electron chi connectivity index (χ2n) is 8.63. The van der Waals surface area contributed by atoms with Crippen LogP contribution in [0.3, 0.4) is 0 Å². The summed E-state index contributed by atoms with van der Waals surface area (Å²) in [4.78, 5) is 29.5. The van der Waals surface area contributed by atoms with Gasteiger partial charge < -0.3 is 15.1 Å². The second-order valence-corrected chi connectivity index (χ2v) is 8.63. The lowest BCUT2D eigenvalue weighted by molar-refractivity contribution is 0.0977. The lowest BCUT2D eigenvalue weighted by atomic mass is 10.00. The van der Waals surface area contributed by atoms with Crippen molar-refractivity contribution in [2.75, 3.05) is 30.9 Å². The van der Waals surface area contributed by atoms with Crippen LogP contribution in [0, 0.1) is 6.92 Å². The Labute approximate surface area is 193 Å². The molecule has 3 aromatic rings. The Morgan fingerprint density at radius 2 is 1.64 bits per heavy atom. The van der Waals surface area contributed by atoms with E-state index in [1.54, 1.807) is 30.3 Å². The molecule has 1 aliphatic heterocycles. The zero-order chi connectivity index (χ0) is 23.5. The van der Waals surface area contributed by atoms with Gasteiger partial charge in [0.2, 0.25) is 0 Å². The fraction of sp³-hybridized carbons (Fsp3) is 0.259. The zero-order valence-electron chi connectivity index (χ0n) is 19.1. The van der Waals surface area contributed by atoms with Gasteiger partial charge in [-0.05, 0) is 68.5 Å². The first-order chi connectivity index (χ1) is 15.8.